The fourth-order valence-corrected chi connectivity index (χ4v) is 3.29. The SMILES string of the molecule is O=C(NCC1CC2(CCNCC2)C(=O)O1)c1cc(Br)co1. The van der Waals surface area contributed by atoms with Crippen molar-refractivity contribution in [2.75, 3.05) is 19.6 Å². The maximum Gasteiger partial charge on any atom is 0.312 e. The molecule has 0 aromatic carbocycles. The van der Waals surface area contributed by atoms with Crippen molar-refractivity contribution in [3.63, 3.8) is 0 Å². The second-order valence-electron chi connectivity index (χ2n) is 5.60. The first-order chi connectivity index (χ1) is 10.1. The Morgan fingerprint density at radius 1 is 1.48 bits per heavy atom. The average Bonchev–Trinajstić information content (AvgIpc) is 3.03. The summed E-state index contributed by atoms with van der Waals surface area (Å²) in [7, 11) is 0. The Morgan fingerprint density at radius 2 is 2.24 bits per heavy atom. The first-order valence-electron chi connectivity index (χ1n) is 7.03. The van der Waals surface area contributed by atoms with Crippen molar-refractivity contribution in [3.8, 4) is 0 Å². The number of halogens is 1. The van der Waals surface area contributed by atoms with Crippen molar-refractivity contribution >= 4 is 27.8 Å². The molecule has 2 N–H and O–H groups in total. The van der Waals surface area contributed by atoms with Crippen molar-refractivity contribution in [1.29, 1.82) is 0 Å². The van der Waals surface area contributed by atoms with E-state index in [0.29, 0.717) is 17.4 Å². The van der Waals surface area contributed by atoms with Gasteiger partial charge in [-0.3, -0.25) is 9.59 Å². The van der Waals surface area contributed by atoms with Crippen LogP contribution in [0.3, 0.4) is 0 Å². The molecule has 6 nitrogen and oxygen atoms in total. The highest BCUT2D eigenvalue weighted by Crippen LogP contribution is 2.41. The predicted octanol–water partition coefficient (Wildman–Crippen LogP) is 1.46. The van der Waals surface area contributed by atoms with Gasteiger partial charge in [0.25, 0.3) is 5.91 Å². The standard InChI is InChI=1S/C14H17BrN2O4/c15-9-5-11(20-8-9)12(18)17-7-10-6-14(13(19)21-10)1-3-16-4-2-14/h5,8,10,16H,1-4,6-7H2,(H,17,18). The number of carbonyl (C=O) groups excluding carboxylic acids is 2. The Balaban J connectivity index is 1.55. The zero-order valence-electron chi connectivity index (χ0n) is 11.5. The number of furan rings is 1. The molecule has 2 saturated heterocycles. The minimum absolute atomic E-state index is 0.121. The van der Waals surface area contributed by atoms with Gasteiger partial charge in [-0.15, -0.1) is 0 Å². The molecule has 3 heterocycles. The molecule has 2 aliphatic rings. The molecule has 2 aliphatic heterocycles. The molecule has 0 radical (unpaired) electrons. The molecule has 21 heavy (non-hydrogen) atoms. The molecule has 1 unspecified atom stereocenters. The summed E-state index contributed by atoms with van der Waals surface area (Å²) in [6.45, 7) is 2.00. The topological polar surface area (TPSA) is 80.6 Å². The molecule has 0 bridgehead atoms. The number of esters is 1. The third kappa shape index (κ3) is 2.98. The fourth-order valence-electron chi connectivity index (χ4n) is 2.99. The number of piperidine rings is 1. The van der Waals surface area contributed by atoms with E-state index in [0.717, 1.165) is 25.9 Å². The number of ether oxygens (including phenoxy) is 1. The van der Waals surface area contributed by atoms with Gasteiger partial charge in [0.15, 0.2) is 5.76 Å². The Morgan fingerprint density at radius 3 is 2.90 bits per heavy atom. The molecule has 1 aromatic rings. The molecular weight excluding hydrogens is 340 g/mol. The van der Waals surface area contributed by atoms with Gasteiger partial charge < -0.3 is 19.8 Å². The summed E-state index contributed by atoms with van der Waals surface area (Å²) < 4.78 is 11.2. The van der Waals surface area contributed by atoms with Gasteiger partial charge in [-0.05, 0) is 41.9 Å². The van der Waals surface area contributed by atoms with Crippen molar-refractivity contribution in [2.45, 2.75) is 25.4 Å². The summed E-state index contributed by atoms with van der Waals surface area (Å²) in [5.74, 6) is -0.185. The smallest absolute Gasteiger partial charge is 0.312 e. The maximum absolute atomic E-state index is 12.1. The highest BCUT2D eigenvalue weighted by Gasteiger charge is 2.49. The van der Waals surface area contributed by atoms with Crippen LogP contribution in [0, 0.1) is 5.41 Å². The zero-order valence-corrected chi connectivity index (χ0v) is 13.1. The van der Waals surface area contributed by atoms with E-state index in [9.17, 15) is 9.59 Å². The highest BCUT2D eigenvalue weighted by atomic mass is 79.9. The number of hydrogen-bond acceptors (Lipinski definition) is 5. The average molecular weight is 357 g/mol. The van der Waals surface area contributed by atoms with E-state index in [4.69, 9.17) is 9.15 Å². The number of amides is 1. The maximum atomic E-state index is 12.1. The number of hydrogen-bond donors (Lipinski definition) is 2. The van der Waals surface area contributed by atoms with E-state index in [1.807, 2.05) is 0 Å². The van der Waals surface area contributed by atoms with Crippen molar-refractivity contribution < 1.29 is 18.7 Å². The van der Waals surface area contributed by atoms with Crippen molar-refractivity contribution in [2.24, 2.45) is 5.41 Å². The number of nitrogens with one attached hydrogen (secondary N) is 2. The molecule has 1 amide bonds. The van der Waals surface area contributed by atoms with E-state index in [2.05, 4.69) is 26.6 Å². The van der Waals surface area contributed by atoms with Crippen LogP contribution in [0.5, 0.6) is 0 Å². The van der Waals surface area contributed by atoms with Crippen molar-refractivity contribution in [1.82, 2.24) is 10.6 Å². The van der Waals surface area contributed by atoms with Gasteiger partial charge in [0, 0.05) is 12.5 Å². The number of cyclic esters (lactones) is 1. The second-order valence-corrected chi connectivity index (χ2v) is 6.52. The van der Waals surface area contributed by atoms with E-state index in [1.165, 1.54) is 6.26 Å². The predicted molar refractivity (Wildman–Crippen MR) is 77.8 cm³/mol. The molecular formula is C14H17BrN2O4. The van der Waals surface area contributed by atoms with Gasteiger partial charge in [-0.1, -0.05) is 0 Å². The van der Waals surface area contributed by atoms with Gasteiger partial charge in [0.05, 0.1) is 16.4 Å². The Hall–Kier alpha value is -1.34. The van der Waals surface area contributed by atoms with Crippen LogP contribution in [0.15, 0.2) is 21.2 Å². The van der Waals surface area contributed by atoms with Crippen LogP contribution in [0.25, 0.3) is 0 Å². The lowest BCUT2D eigenvalue weighted by Crippen LogP contribution is -2.39. The number of rotatable bonds is 3. The quantitative estimate of drug-likeness (QED) is 0.801. The van der Waals surface area contributed by atoms with E-state index < -0.39 is 0 Å². The monoisotopic (exact) mass is 356 g/mol. The van der Waals surface area contributed by atoms with Gasteiger partial charge in [-0.25, -0.2) is 0 Å². The first kappa shape index (κ1) is 14.6. The molecule has 1 atom stereocenters. The molecule has 114 valence electrons. The van der Waals surface area contributed by atoms with Crippen LogP contribution in [0.4, 0.5) is 0 Å². The lowest BCUT2D eigenvalue weighted by atomic mass is 9.76. The van der Waals surface area contributed by atoms with Gasteiger partial charge in [0.1, 0.15) is 12.4 Å². The fraction of sp³-hybridized carbons (Fsp3) is 0.571. The Kier molecular flexibility index (Phi) is 4.03. The molecule has 1 aromatic heterocycles. The summed E-state index contributed by atoms with van der Waals surface area (Å²) in [6, 6.07) is 1.60. The van der Waals surface area contributed by atoms with Gasteiger partial charge >= 0.3 is 5.97 Å². The van der Waals surface area contributed by atoms with Crippen LogP contribution in [0.1, 0.15) is 29.8 Å². The zero-order chi connectivity index (χ0) is 14.9. The summed E-state index contributed by atoms with van der Waals surface area (Å²) in [6.07, 6.45) is 3.49. The minimum atomic E-state index is -0.353. The van der Waals surface area contributed by atoms with Crippen LogP contribution in [0.2, 0.25) is 0 Å². The highest BCUT2D eigenvalue weighted by molar-refractivity contribution is 9.10. The molecule has 3 rings (SSSR count). The normalized spacial score (nSPS) is 24.0. The van der Waals surface area contributed by atoms with E-state index in [1.54, 1.807) is 6.07 Å². The minimum Gasteiger partial charge on any atom is -0.460 e. The molecule has 2 fully saturated rings. The van der Waals surface area contributed by atoms with Gasteiger partial charge in [0.2, 0.25) is 0 Å². The second kappa shape index (κ2) is 5.81. The number of carbonyl (C=O) groups is 2. The lowest BCUT2D eigenvalue weighted by molar-refractivity contribution is -0.149. The van der Waals surface area contributed by atoms with Crippen LogP contribution >= 0.6 is 15.9 Å². The third-order valence-electron chi connectivity index (χ3n) is 4.17. The van der Waals surface area contributed by atoms with Crippen LogP contribution in [-0.2, 0) is 9.53 Å². The van der Waals surface area contributed by atoms with Gasteiger partial charge in [-0.2, -0.15) is 0 Å². The summed E-state index contributed by atoms with van der Waals surface area (Å²) in [5.41, 5.74) is -0.353. The summed E-state index contributed by atoms with van der Waals surface area (Å²) in [4.78, 5) is 24.0. The molecule has 7 heteroatoms. The Bertz CT molecular complexity index is 551. The molecule has 0 aliphatic carbocycles. The lowest BCUT2D eigenvalue weighted by Gasteiger charge is -2.29. The Labute approximate surface area is 130 Å². The summed E-state index contributed by atoms with van der Waals surface area (Å²) >= 11 is 3.22. The van der Waals surface area contributed by atoms with E-state index in [-0.39, 0.29) is 29.2 Å². The molecule has 0 saturated carbocycles. The van der Waals surface area contributed by atoms with Crippen LogP contribution in [-0.4, -0.2) is 37.6 Å². The van der Waals surface area contributed by atoms with E-state index >= 15 is 0 Å². The first-order valence-corrected chi connectivity index (χ1v) is 7.82. The molecule has 1 spiro atoms. The van der Waals surface area contributed by atoms with Crippen LogP contribution < -0.4 is 10.6 Å². The largest absolute Gasteiger partial charge is 0.460 e. The summed E-state index contributed by atoms with van der Waals surface area (Å²) in [5, 5.41) is 6.00. The third-order valence-corrected chi connectivity index (χ3v) is 4.58. The van der Waals surface area contributed by atoms with Crippen molar-refractivity contribution in [3.05, 3.63) is 22.6 Å².